The standard InChI is InChI=1S/C12H21N3/c1-2-10-8-15(6-5-13)9-11(7-14)12(10)3-4-12/h10-11H,2-6,8-9,13H2,1H3. The maximum absolute atomic E-state index is 9.26. The molecule has 1 aliphatic carbocycles. The zero-order valence-electron chi connectivity index (χ0n) is 9.58. The molecule has 84 valence electrons. The minimum absolute atomic E-state index is 0.253. The molecule has 1 saturated heterocycles. The highest BCUT2D eigenvalue weighted by molar-refractivity contribution is 5.13. The zero-order valence-corrected chi connectivity index (χ0v) is 9.58. The summed E-state index contributed by atoms with van der Waals surface area (Å²) in [6.07, 6.45) is 3.76. The summed E-state index contributed by atoms with van der Waals surface area (Å²) in [5, 5.41) is 9.26. The Bertz CT molecular complexity index is 265. The van der Waals surface area contributed by atoms with Crippen LogP contribution in [0.15, 0.2) is 0 Å². The molecule has 2 rings (SSSR count). The van der Waals surface area contributed by atoms with Gasteiger partial charge in [-0.15, -0.1) is 0 Å². The minimum Gasteiger partial charge on any atom is -0.329 e. The fraction of sp³-hybridized carbons (Fsp3) is 0.917. The van der Waals surface area contributed by atoms with Crippen molar-refractivity contribution in [3.05, 3.63) is 0 Å². The lowest BCUT2D eigenvalue weighted by Crippen LogP contribution is -2.48. The Balaban J connectivity index is 2.08. The van der Waals surface area contributed by atoms with E-state index in [0.29, 0.717) is 12.0 Å². The van der Waals surface area contributed by atoms with Crippen LogP contribution in [0, 0.1) is 28.6 Å². The fourth-order valence-corrected chi connectivity index (χ4v) is 3.26. The molecule has 0 aromatic heterocycles. The second-order valence-electron chi connectivity index (χ2n) is 5.07. The second-order valence-corrected chi connectivity index (χ2v) is 5.07. The van der Waals surface area contributed by atoms with E-state index in [1.807, 2.05) is 0 Å². The van der Waals surface area contributed by atoms with Crippen LogP contribution in [0.3, 0.4) is 0 Å². The van der Waals surface area contributed by atoms with Gasteiger partial charge in [0.1, 0.15) is 0 Å². The Hall–Kier alpha value is -0.590. The molecule has 0 aromatic carbocycles. The number of hydrogen-bond donors (Lipinski definition) is 1. The van der Waals surface area contributed by atoms with Crippen molar-refractivity contribution in [1.29, 1.82) is 5.26 Å². The van der Waals surface area contributed by atoms with E-state index < -0.39 is 0 Å². The number of rotatable bonds is 3. The van der Waals surface area contributed by atoms with Gasteiger partial charge in [-0.25, -0.2) is 0 Å². The van der Waals surface area contributed by atoms with Crippen LogP contribution in [-0.2, 0) is 0 Å². The zero-order chi connectivity index (χ0) is 10.9. The summed E-state index contributed by atoms with van der Waals surface area (Å²) in [6, 6.07) is 2.53. The first-order chi connectivity index (χ1) is 7.26. The normalized spacial score (nSPS) is 33.9. The lowest BCUT2D eigenvalue weighted by Gasteiger charge is -2.41. The lowest BCUT2D eigenvalue weighted by molar-refractivity contribution is 0.0691. The first kappa shape index (κ1) is 10.9. The summed E-state index contributed by atoms with van der Waals surface area (Å²) in [5.74, 6) is 0.977. The molecule has 1 saturated carbocycles. The van der Waals surface area contributed by atoms with Crippen LogP contribution < -0.4 is 5.73 Å². The average Bonchev–Trinajstić information content (AvgIpc) is 3.02. The molecule has 0 bridgehead atoms. The van der Waals surface area contributed by atoms with E-state index in [1.54, 1.807) is 0 Å². The summed E-state index contributed by atoms with van der Waals surface area (Å²) in [7, 11) is 0. The lowest BCUT2D eigenvalue weighted by atomic mass is 9.74. The first-order valence-electron chi connectivity index (χ1n) is 6.09. The number of nitrogens with two attached hydrogens (primary N) is 1. The van der Waals surface area contributed by atoms with Crippen molar-refractivity contribution in [2.75, 3.05) is 26.2 Å². The number of hydrogen-bond acceptors (Lipinski definition) is 3. The molecule has 1 aliphatic heterocycles. The highest BCUT2D eigenvalue weighted by Gasteiger charge is 2.56. The summed E-state index contributed by atoms with van der Waals surface area (Å²) < 4.78 is 0. The first-order valence-corrected chi connectivity index (χ1v) is 6.09. The molecule has 0 aromatic rings. The molecule has 2 atom stereocenters. The van der Waals surface area contributed by atoms with Crippen molar-refractivity contribution in [2.24, 2.45) is 23.0 Å². The minimum atomic E-state index is 0.253. The molecule has 3 nitrogen and oxygen atoms in total. The van der Waals surface area contributed by atoms with Gasteiger partial charge in [0.2, 0.25) is 0 Å². The number of likely N-dealkylation sites (tertiary alicyclic amines) is 1. The Morgan fingerprint density at radius 2 is 2.20 bits per heavy atom. The van der Waals surface area contributed by atoms with E-state index >= 15 is 0 Å². The summed E-state index contributed by atoms with van der Waals surface area (Å²) >= 11 is 0. The van der Waals surface area contributed by atoms with E-state index in [4.69, 9.17) is 5.73 Å². The number of piperidine rings is 1. The van der Waals surface area contributed by atoms with Crippen molar-refractivity contribution in [2.45, 2.75) is 26.2 Å². The Labute approximate surface area is 92.2 Å². The van der Waals surface area contributed by atoms with Gasteiger partial charge in [0.25, 0.3) is 0 Å². The Morgan fingerprint density at radius 3 is 2.67 bits per heavy atom. The van der Waals surface area contributed by atoms with Gasteiger partial charge in [-0.05, 0) is 24.2 Å². The monoisotopic (exact) mass is 207 g/mol. The smallest absolute Gasteiger partial charge is 0.0675 e. The van der Waals surface area contributed by atoms with Crippen molar-refractivity contribution in [3.63, 3.8) is 0 Å². The molecule has 3 heteroatoms. The van der Waals surface area contributed by atoms with Gasteiger partial charge < -0.3 is 10.6 Å². The maximum atomic E-state index is 9.26. The molecule has 0 radical (unpaired) electrons. The fourth-order valence-electron chi connectivity index (χ4n) is 3.26. The third-order valence-corrected chi connectivity index (χ3v) is 4.35. The van der Waals surface area contributed by atoms with Gasteiger partial charge in [-0.3, -0.25) is 0 Å². The van der Waals surface area contributed by atoms with Crippen LogP contribution in [0.5, 0.6) is 0 Å². The highest BCUT2D eigenvalue weighted by Crippen LogP contribution is 2.60. The predicted octanol–water partition coefficient (Wildman–Crippen LogP) is 1.21. The molecule has 1 spiro atoms. The Kier molecular flexibility index (Phi) is 2.99. The summed E-state index contributed by atoms with van der Waals surface area (Å²) in [4.78, 5) is 2.38. The molecule has 15 heavy (non-hydrogen) atoms. The van der Waals surface area contributed by atoms with Crippen molar-refractivity contribution in [1.82, 2.24) is 4.90 Å². The quantitative estimate of drug-likeness (QED) is 0.756. The van der Waals surface area contributed by atoms with Crippen LogP contribution in [0.4, 0.5) is 0 Å². The van der Waals surface area contributed by atoms with E-state index in [-0.39, 0.29) is 5.92 Å². The number of nitrogens with zero attached hydrogens (tertiary/aromatic N) is 2. The van der Waals surface area contributed by atoms with Gasteiger partial charge in [0.05, 0.1) is 12.0 Å². The topological polar surface area (TPSA) is 53.0 Å². The third-order valence-electron chi connectivity index (χ3n) is 4.35. The Morgan fingerprint density at radius 1 is 1.47 bits per heavy atom. The van der Waals surface area contributed by atoms with Crippen molar-refractivity contribution < 1.29 is 0 Å². The van der Waals surface area contributed by atoms with Gasteiger partial charge in [-0.2, -0.15) is 5.26 Å². The molecule has 0 amide bonds. The third kappa shape index (κ3) is 1.77. The molecule has 2 aliphatic rings. The van der Waals surface area contributed by atoms with E-state index in [2.05, 4.69) is 17.9 Å². The van der Waals surface area contributed by atoms with E-state index in [1.165, 1.54) is 19.3 Å². The molecular formula is C12H21N3. The average molecular weight is 207 g/mol. The van der Waals surface area contributed by atoms with Gasteiger partial charge in [-0.1, -0.05) is 13.3 Å². The summed E-state index contributed by atoms with van der Waals surface area (Å²) in [6.45, 7) is 6.02. The van der Waals surface area contributed by atoms with Crippen LogP contribution in [0.2, 0.25) is 0 Å². The van der Waals surface area contributed by atoms with Crippen molar-refractivity contribution in [3.8, 4) is 6.07 Å². The SMILES string of the molecule is CCC1CN(CCN)CC(C#N)C12CC2. The predicted molar refractivity (Wildman–Crippen MR) is 60.0 cm³/mol. The summed E-state index contributed by atoms with van der Waals surface area (Å²) in [5.41, 5.74) is 5.99. The van der Waals surface area contributed by atoms with Crippen LogP contribution in [-0.4, -0.2) is 31.1 Å². The molecule has 2 fully saturated rings. The molecular weight excluding hydrogens is 186 g/mol. The molecule has 1 heterocycles. The van der Waals surface area contributed by atoms with Crippen molar-refractivity contribution >= 4 is 0 Å². The van der Waals surface area contributed by atoms with Gasteiger partial charge in [0.15, 0.2) is 0 Å². The maximum Gasteiger partial charge on any atom is 0.0675 e. The van der Waals surface area contributed by atoms with Crippen LogP contribution >= 0.6 is 0 Å². The number of nitriles is 1. The molecule has 2 unspecified atom stereocenters. The largest absolute Gasteiger partial charge is 0.329 e. The second kappa shape index (κ2) is 4.11. The van der Waals surface area contributed by atoms with Crippen LogP contribution in [0.1, 0.15) is 26.2 Å². The van der Waals surface area contributed by atoms with Gasteiger partial charge >= 0.3 is 0 Å². The van der Waals surface area contributed by atoms with E-state index in [0.717, 1.165) is 25.6 Å². The van der Waals surface area contributed by atoms with E-state index in [9.17, 15) is 5.26 Å². The van der Waals surface area contributed by atoms with Gasteiger partial charge in [0, 0.05) is 26.2 Å². The molecule has 2 N–H and O–H groups in total. The van der Waals surface area contributed by atoms with Crippen LogP contribution in [0.25, 0.3) is 0 Å². The highest BCUT2D eigenvalue weighted by atomic mass is 15.2.